The number of hydrogen-bond acceptors (Lipinski definition) is 2. The number of nitrogens with zero attached hydrogens (tertiary/aromatic N) is 2. The molecule has 0 saturated heterocycles. The molecule has 2 aromatic rings. The molecule has 0 fully saturated rings. The average molecular weight is 473 g/mol. The van der Waals surface area contributed by atoms with Crippen LogP contribution in [0.3, 0.4) is 0 Å². The molecule has 0 heterocycles. The number of hydrogen-bond donors (Lipinski definition) is 0. The zero-order valence-corrected chi connectivity index (χ0v) is 22.8. The van der Waals surface area contributed by atoms with Crippen LogP contribution in [0.5, 0.6) is 0 Å². The van der Waals surface area contributed by atoms with Crippen LogP contribution in [0.15, 0.2) is 48.5 Å². The molecule has 0 atom stereocenters. The minimum Gasteiger partial charge on any atom is -0.367 e. The molecule has 2 rings (SSSR count). The molecule has 0 amide bonds. The number of rotatable bonds is 6. The number of benzene rings is 2. The third kappa shape index (κ3) is 8.89. The van der Waals surface area contributed by atoms with E-state index in [1.807, 2.05) is 24.3 Å². The highest BCUT2D eigenvalue weighted by Gasteiger charge is 2.14. The lowest BCUT2D eigenvalue weighted by molar-refractivity contribution is 0.608. The highest BCUT2D eigenvalue weighted by Crippen LogP contribution is 2.21. The van der Waals surface area contributed by atoms with Gasteiger partial charge in [-0.2, -0.15) is 0 Å². The summed E-state index contributed by atoms with van der Waals surface area (Å²) < 4.78 is 0. The quantitative estimate of drug-likeness (QED) is 0.452. The Morgan fingerprint density at radius 2 is 0.639 bits per heavy atom. The third-order valence-electron chi connectivity index (χ3n) is 5.41. The zero-order valence-electron chi connectivity index (χ0n) is 22.8. The van der Waals surface area contributed by atoms with Crippen molar-refractivity contribution >= 4 is 11.4 Å². The SMILES string of the molecule is CC(C)N(c1ccc(C#CC#CC#CC#CC#Cc2ccc(N(C(C)C)C(C)C)cc2)cc1)C(C)C. The van der Waals surface area contributed by atoms with Gasteiger partial charge >= 0.3 is 0 Å². The van der Waals surface area contributed by atoms with Crippen molar-refractivity contribution in [1.82, 2.24) is 0 Å². The van der Waals surface area contributed by atoms with Crippen molar-refractivity contribution in [1.29, 1.82) is 0 Å². The van der Waals surface area contributed by atoms with E-state index in [2.05, 4.69) is 149 Å². The molecule has 0 unspecified atom stereocenters. The van der Waals surface area contributed by atoms with Crippen LogP contribution in [0.25, 0.3) is 0 Å². The Balaban J connectivity index is 1.93. The zero-order chi connectivity index (χ0) is 26.5. The summed E-state index contributed by atoms with van der Waals surface area (Å²) >= 11 is 0. The molecule has 182 valence electrons. The largest absolute Gasteiger partial charge is 0.367 e. The van der Waals surface area contributed by atoms with Gasteiger partial charge in [-0.25, -0.2) is 0 Å². The van der Waals surface area contributed by atoms with Crippen LogP contribution in [0, 0.1) is 59.2 Å². The van der Waals surface area contributed by atoms with Crippen molar-refractivity contribution in [3.63, 3.8) is 0 Å². The summed E-state index contributed by atoms with van der Waals surface area (Å²) in [6, 6.07) is 18.3. The monoisotopic (exact) mass is 472 g/mol. The molecule has 0 radical (unpaired) electrons. The van der Waals surface area contributed by atoms with Crippen molar-refractivity contribution in [2.45, 2.75) is 79.6 Å². The van der Waals surface area contributed by atoms with E-state index in [0.29, 0.717) is 24.2 Å². The number of anilines is 2. The van der Waals surface area contributed by atoms with Gasteiger partial charge in [0.1, 0.15) is 0 Å². The maximum Gasteiger partial charge on any atom is 0.0371 e. The molecular formula is C34H36N2. The van der Waals surface area contributed by atoms with E-state index < -0.39 is 0 Å². The van der Waals surface area contributed by atoms with Gasteiger partial charge in [-0.05, 0) is 151 Å². The van der Waals surface area contributed by atoms with Gasteiger partial charge in [0.15, 0.2) is 0 Å². The van der Waals surface area contributed by atoms with E-state index in [4.69, 9.17) is 0 Å². The maximum absolute atomic E-state index is 3.05. The Labute approximate surface area is 219 Å². The first-order valence-electron chi connectivity index (χ1n) is 12.5. The van der Waals surface area contributed by atoms with Crippen molar-refractivity contribution in [3.8, 4) is 59.2 Å². The first kappa shape index (κ1) is 28.1. The Bertz CT molecular complexity index is 1180. The molecule has 0 aliphatic rings. The molecule has 0 aromatic heterocycles. The first-order valence-corrected chi connectivity index (χ1v) is 12.5. The smallest absolute Gasteiger partial charge is 0.0371 e. The lowest BCUT2D eigenvalue weighted by Gasteiger charge is -2.33. The van der Waals surface area contributed by atoms with Crippen LogP contribution in [0.4, 0.5) is 11.4 Å². The minimum atomic E-state index is 0.442. The molecule has 0 spiro atoms. The molecule has 36 heavy (non-hydrogen) atoms. The van der Waals surface area contributed by atoms with Gasteiger partial charge in [-0.3, -0.25) is 0 Å². The van der Waals surface area contributed by atoms with Crippen LogP contribution in [0.2, 0.25) is 0 Å². The van der Waals surface area contributed by atoms with Gasteiger partial charge in [0.25, 0.3) is 0 Å². The van der Waals surface area contributed by atoms with Gasteiger partial charge < -0.3 is 9.80 Å². The minimum absolute atomic E-state index is 0.442. The summed E-state index contributed by atoms with van der Waals surface area (Å²) in [7, 11) is 0. The van der Waals surface area contributed by atoms with Crippen LogP contribution < -0.4 is 9.80 Å². The predicted molar refractivity (Wildman–Crippen MR) is 155 cm³/mol. The van der Waals surface area contributed by atoms with E-state index in [0.717, 1.165) is 11.1 Å². The molecule has 0 saturated carbocycles. The topological polar surface area (TPSA) is 6.48 Å². The van der Waals surface area contributed by atoms with Crippen molar-refractivity contribution < 1.29 is 0 Å². The van der Waals surface area contributed by atoms with Crippen LogP contribution >= 0.6 is 0 Å². The van der Waals surface area contributed by atoms with Gasteiger partial charge in [-0.15, -0.1) is 0 Å². The molecule has 2 heteroatoms. The molecule has 2 nitrogen and oxygen atoms in total. The van der Waals surface area contributed by atoms with Gasteiger partial charge in [0.2, 0.25) is 0 Å². The third-order valence-corrected chi connectivity index (χ3v) is 5.41. The lowest BCUT2D eigenvalue weighted by Crippen LogP contribution is -2.36. The van der Waals surface area contributed by atoms with E-state index in [9.17, 15) is 0 Å². The fourth-order valence-corrected chi connectivity index (χ4v) is 4.21. The molecule has 0 bridgehead atoms. The van der Waals surface area contributed by atoms with Crippen molar-refractivity contribution in [3.05, 3.63) is 59.7 Å². The molecule has 0 aliphatic carbocycles. The Hall–Kier alpha value is -4.16. The van der Waals surface area contributed by atoms with E-state index in [1.165, 1.54) is 11.4 Å². The summed E-state index contributed by atoms with van der Waals surface area (Å²) in [6.45, 7) is 17.6. The molecule has 0 N–H and O–H groups in total. The first-order chi connectivity index (χ1) is 17.2. The molecular weight excluding hydrogens is 436 g/mol. The molecule has 0 aliphatic heterocycles. The van der Waals surface area contributed by atoms with Gasteiger partial charge in [-0.1, -0.05) is 11.8 Å². The second-order valence-electron chi connectivity index (χ2n) is 9.53. The summed E-state index contributed by atoms with van der Waals surface area (Å²) in [5.41, 5.74) is 4.26. The summed E-state index contributed by atoms with van der Waals surface area (Å²) in [6.07, 6.45) is 0. The Morgan fingerprint density at radius 3 is 0.889 bits per heavy atom. The second kappa shape index (κ2) is 14.3. The summed E-state index contributed by atoms with van der Waals surface area (Å²) in [4.78, 5) is 4.75. The lowest BCUT2D eigenvalue weighted by atomic mass is 10.1. The predicted octanol–water partition coefficient (Wildman–Crippen LogP) is 6.35. The average Bonchev–Trinajstić information content (AvgIpc) is 2.81. The highest BCUT2D eigenvalue weighted by molar-refractivity contribution is 5.54. The maximum atomic E-state index is 3.05. The fraction of sp³-hybridized carbons (Fsp3) is 0.353. The van der Waals surface area contributed by atoms with Gasteiger partial charge in [0, 0.05) is 46.7 Å². The van der Waals surface area contributed by atoms with Crippen LogP contribution in [0.1, 0.15) is 66.5 Å². The molecule has 2 aromatic carbocycles. The summed E-state index contributed by atoms with van der Waals surface area (Å²) in [5.74, 6) is 28.1. The van der Waals surface area contributed by atoms with Gasteiger partial charge in [0.05, 0.1) is 0 Å². The fourth-order valence-electron chi connectivity index (χ4n) is 4.21. The summed E-state index contributed by atoms with van der Waals surface area (Å²) in [5, 5.41) is 0. The van der Waals surface area contributed by atoms with E-state index in [-0.39, 0.29) is 0 Å². The van der Waals surface area contributed by atoms with Crippen molar-refractivity contribution in [2.24, 2.45) is 0 Å². The highest BCUT2D eigenvalue weighted by atomic mass is 15.2. The van der Waals surface area contributed by atoms with Crippen LogP contribution in [-0.2, 0) is 0 Å². The second-order valence-corrected chi connectivity index (χ2v) is 9.53. The Morgan fingerprint density at radius 1 is 0.389 bits per heavy atom. The Kier molecular flexibility index (Phi) is 11.1. The van der Waals surface area contributed by atoms with E-state index >= 15 is 0 Å². The normalized spacial score (nSPS) is 9.56. The van der Waals surface area contributed by atoms with Crippen molar-refractivity contribution in [2.75, 3.05) is 9.80 Å². The standard InChI is InChI=1S/C34H36N2/c1-27(2)35(28(3)4)33-23-19-31(20-24-33)17-15-13-11-9-10-12-14-16-18-32-21-25-34(26-22-32)36(29(5)6)30(7)8/h19-30H,1-8H3. The van der Waals surface area contributed by atoms with E-state index in [1.54, 1.807) is 0 Å². The van der Waals surface area contributed by atoms with Crippen LogP contribution in [-0.4, -0.2) is 24.2 Å².